The van der Waals surface area contributed by atoms with Gasteiger partial charge in [0, 0.05) is 18.0 Å². The van der Waals surface area contributed by atoms with Crippen molar-refractivity contribution in [3.8, 4) is 11.1 Å². The molecule has 0 spiro atoms. The Kier molecular flexibility index (Phi) is 10.7. The fourth-order valence-electron chi connectivity index (χ4n) is 2.31. The molecule has 0 aliphatic heterocycles. The van der Waals surface area contributed by atoms with Gasteiger partial charge in [0.2, 0.25) is 0 Å². The van der Waals surface area contributed by atoms with Gasteiger partial charge in [-0.15, -0.1) is 0 Å². The van der Waals surface area contributed by atoms with Gasteiger partial charge in [-0.3, -0.25) is 4.98 Å². The number of hydrogen-bond acceptors (Lipinski definition) is 1. The Morgan fingerprint density at radius 1 is 1.04 bits per heavy atom. The minimum absolute atomic E-state index is 1.04. The van der Waals surface area contributed by atoms with E-state index in [9.17, 15) is 0 Å². The highest BCUT2D eigenvalue weighted by Gasteiger charge is 2.08. The second-order valence-corrected chi connectivity index (χ2v) is 4.89. The molecule has 0 N–H and O–H groups in total. The van der Waals surface area contributed by atoms with Crippen LogP contribution in [0.3, 0.4) is 0 Å². The molecule has 0 saturated heterocycles. The molecule has 0 radical (unpaired) electrons. The second kappa shape index (κ2) is 11.6. The Morgan fingerprint density at radius 2 is 1.70 bits per heavy atom. The molecule has 1 nitrogen and oxygen atoms in total. The summed E-state index contributed by atoms with van der Waals surface area (Å²) < 4.78 is 0. The number of aromatic nitrogens is 1. The van der Waals surface area contributed by atoms with E-state index in [1.165, 1.54) is 33.4 Å². The summed E-state index contributed by atoms with van der Waals surface area (Å²) in [5, 5.41) is 0. The second-order valence-electron chi connectivity index (χ2n) is 4.89. The van der Waals surface area contributed by atoms with E-state index >= 15 is 0 Å². The Balaban J connectivity index is 0.00000112. The molecule has 1 aromatic heterocycles. The molecule has 0 aliphatic carbocycles. The van der Waals surface area contributed by atoms with Crippen LogP contribution in [-0.2, 0) is 6.42 Å². The zero-order chi connectivity index (χ0) is 17.8. The summed E-state index contributed by atoms with van der Waals surface area (Å²) in [6, 6.07) is 8.80. The third kappa shape index (κ3) is 5.67. The van der Waals surface area contributed by atoms with Crippen LogP contribution in [0.1, 0.15) is 65.2 Å². The van der Waals surface area contributed by atoms with Gasteiger partial charge in [0.25, 0.3) is 0 Å². The van der Waals surface area contributed by atoms with Crippen molar-refractivity contribution < 1.29 is 0 Å². The molecule has 1 aromatic carbocycles. The lowest BCUT2D eigenvalue weighted by Crippen LogP contribution is -1.93. The van der Waals surface area contributed by atoms with Gasteiger partial charge < -0.3 is 0 Å². The summed E-state index contributed by atoms with van der Waals surface area (Å²) in [6.07, 6.45) is 7.01. The maximum absolute atomic E-state index is 4.26. The van der Waals surface area contributed by atoms with Crippen LogP contribution < -0.4 is 0 Å². The van der Waals surface area contributed by atoms with Crippen LogP contribution in [0, 0.1) is 6.92 Å². The molecule has 23 heavy (non-hydrogen) atoms. The van der Waals surface area contributed by atoms with E-state index in [1.54, 1.807) is 0 Å². The van der Waals surface area contributed by atoms with Gasteiger partial charge in [-0.1, -0.05) is 58.9 Å². The Labute approximate surface area is 143 Å². The van der Waals surface area contributed by atoms with Crippen LogP contribution >= 0.6 is 0 Å². The highest BCUT2D eigenvalue weighted by Crippen LogP contribution is 2.29. The van der Waals surface area contributed by atoms with Gasteiger partial charge in [-0.2, -0.15) is 0 Å². The first kappa shape index (κ1) is 21.1. The number of aryl methyl sites for hydroxylation is 2. The SMILES string of the molecule is C/C=C(\C)c1ccc(-c2cnccc2C)c(CC)c1.CC.CC. The first-order valence-corrected chi connectivity index (χ1v) is 8.84. The lowest BCUT2D eigenvalue weighted by atomic mass is 9.93. The quantitative estimate of drug-likeness (QED) is 0.589. The van der Waals surface area contributed by atoms with Gasteiger partial charge >= 0.3 is 0 Å². The van der Waals surface area contributed by atoms with Crippen LogP contribution in [0.4, 0.5) is 0 Å². The topological polar surface area (TPSA) is 12.9 Å². The fraction of sp³-hybridized carbons (Fsp3) is 0.409. The van der Waals surface area contributed by atoms with E-state index in [0.717, 1.165) is 6.42 Å². The molecule has 0 bridgehead atoms. The lowest BCUT2D eigenvalue weighted by molar-refractivity contribution is 1.13. The molecule has 0 aliphatic rings. The van der Waals surface area contributed by atoms with Crippen molar-refractivity contribution in [1.29, 1.82) is 0 Å². The molecule has 2 aromatic rings. The van der Waals surface area contributed by atoms with E-state index in [4.69, 9.17) is 0 Å². The van der Waals surface area contributed by atoms with Crippen LogP contribution in [0.5, 0.6) is 0 Å². The number of pyridine rings is 1. The van der Waals surface area contributed by atoms with Crippen molar-refractivity contribution in [2.24, 2.45) is 0 Å². The van der Waals surface area contributed by atoms with Crippen LogP contribution in [0.2, 0.25) is 0 Å². The summed E-state index contributed by atoms with van der Waals surface area (Å²) in [5.41, 5.74) is 7.84. The smallest absolute Gasteiger partial charge is 0.0349 e. The van der Waals surface area contributed by atoms with Crippen molar-refractivity contribution in [2.75, 3.05) is 0 Å². The van der Waals surface area contributed by atoms with Crippen molar-refractivity contribution in [3.05, 3.63) is 59.4 Å². The maximum atomic E-state index is 4.26. The molecular formula is C22H33N. The van der Waals surface area contributed by atoms with Gasteiger partial charge in [-0.05, 0) is 61.1 Å². The van der Waals surface area contributed by atoms with E-state index in [1.807, 2.05) is 40.1 Å². The first-order valence-electron chi connectivity index (χ1n) is 8.84. The minimum Gasteiger partial charge on any atom is -0.264 e. The van der Waals surface area contributed by atoms with Crippen molar-refractivity contribution in [1.82, 2.24) is 4.98 Å². The van der Waals surface area contributed by atoms with E-state index in [-0.39, 0.29) is 0 Å². The minimum atomic E-state index is 1.04. The maximum Gasteiger partial charge on any atom is 0.0349 e. The highest BCUT2D eigenvalue weighted by atomic mass is 14.6. The molecular weight excluding hydrogens is 278 g/mol. The standard InChI is InChI=1S/C18H21N.2C2H6/c1-5-13(3)16-7-8-17(15(6-2)11-16)18-12-19-10-9-14(18)4;2*1-2/h5,7-12H,6H2,1-4H3;2*1-2H3/b13-5+;;. The number of benzene rings is 1. The van der Waals surface area contributed by atoms with Gasteiger partial charge in [0.1, 0.15) is 0 Å². The Morgan fingerprint density at radius 3 is 2.22 bits per heavy atom. The van der Waals surface area contributed by atoms with Crippen molar-refractivity contribution in [3.63, 3.8) is 0 Å². The molecule has 2 rings (SSSR count). The molecule has 0 saturated carbocycles. The van der Waals surface area contributed by atoms with E-state index in [2.05, 4.69) is 63.0 Å². The third-order valence-electron chi connectivity index (χ3n) is 3.70. The molecule has 0 amide bonds. The van der Waals surface area contributed by atoms with Crippen LogP contribution in [0.25, 0.3) is 16.7 Å². The Hall–Kier alpha value is -1.89. The third-order valence-corrected chi connectivity index (χ3v) is 3.70. The summed E-state index contributed by atoms with van der Waals surface area (Å²) in [6.45, 7) is 16.6. The predicted molar refractivity (Wildman–Crippen MR) is 106 cm³/mol. The zero-order valence-electron chi connectivity index (χ0n) is 16.2. The average molecular weight is 312 g/mol. The van der Waals surface area contributed by atoms with Crippen LogP contribution in [0.15, 0.2) is 42.7 Å². The summed E-state index contributed by atoms with van der Waals surface area (Å²) in [5.74, 6) is 0. The number of rotatable bonds is 3. The van der Waals surface area contributed by atoms with Gasteiger partial charge in [0.15, 0.2) is 0 Å². The number of hydrogen-bond donors (Lipinski definition) is 0. The average Bonchev–Trinajstić information content (AvgIpc) is 2.64. The molecule has 1 heterocycles. The lowest BCUT2D eigenvalue weighted by Gasteiger charge is -2.12. The molecule has 126 valence electrons. The molecule has 0 unspecified atom stereocenters. The summed E-state index contributed by atoms with van der Waals surface area (Å²) in [7, 11) is 0. The number of nitrogens with zero attached hydrogens (tertiary/aromatic N) is 1. The van der Waals surface area contributed by atoms with Crippen molar-refractivity contribution in [2.45, 2.75) is 61.8 Å². The van der Waals surface area contributed by atoms with Crippen LogP contribution in [-0.4, -0.2) is 4.98 Å². The largest absolute Gasteiger partial charge is 0.264 e. The van der Waals surface area contributed by atoms with E-state index in [0.29, 0.717) is 0 Å². The first-order chi connectivity index (χ1) is 11.2. The fourth-order valence-corrected chi connectivity index (χ4v) is 2.31. The van der Waals surface area contributed by atoms with Gasteiger partial charge in [0.05, 0.1) is 0 Å². The Bertz CT molecular complexity index is 609. The molecule has 1 heteroatoms. The highest BCUT2D eigenvalue weighted by molar-refractivity contribution is 5.74. The molecule has 0 atom stereocenters. The normalized spacial score (nSPS) is 10.2. The summed E-state index contributed by atoms with van der Waals surface area (Å²) >= 11 is 0. The zero-order valence-corrected chi connectivity index (χ0v) is 16.2. The monoisotopic (exact) mass is 311 g/mol. The van der Waals surface area contributed by atoms with E-state index < -0.39 is 0 Å². The summed E-state index contributed by atoms with van der Waals surface area (Å²) in [4.78, 5) is 4.26. The van der Waals surface area contributed by atoms with Crippen molar-refractivity contribution >= 4 is 5.57 Å². The number of allylic oxidation sites excluding steroid dienone is 2. The molecule has 0 fully saturated rings. The van der Waals surface area contributed by atoms with Gasteiger partial charge in [-0.25, -0.2) is 0 Å². The predicted octanol–water partition coefficient (Wildman–Crippen LogP) is 7.10.